The van der Waals surface area contributed by atoms with Crippen LogP contribution in [0.3, 0.4) is 0 Å². The van der Waals surface area contributed by atoms with Crippen LogP contribution in [-0.4, -0.2) is 47.5 Å². The maximum absolute atomic E-state index is 12.4. The number of aryl methyl sites for hydroxylation is 2. The molecule has 0 saturated carbocycles. The molecule has 0 aromatic carbocycles. The summed E-state index contributed by atoms with van der Waals surface area (Å²) in [6, 6.07) is 3.61. The van der Waals surface area contributed by atoms with Crippen molar-refractivity contribution in [2.45, 2.75) is 13.5 Å². The molecule has 0 fully saturated rings. The van der Waals surface area contributed by atoms with Crippen LogP contribution in [0, 0.1) is 6.92 Å². The molecule has 0 aliphatic rings. The lowest BCUT2D eigenvalue weighted by Gasteiger charge is -2.04. The molecule has 0 saturated heterocycles. The summed E-state index contributed by atoms with van der Waals surface area (Å²) < 4.78 is 13.6. The fourth-order valence-electron chi connectivity index (χ4n) is 2.64. The number of carbonyl (C=O) groups excluding carboxylic acids is 1. The van der Waals surface area contributed by atoms with Crippen LogP contribution in [0.15, 0.2) is 29.0 Å². The van der Waals surface area contributed by atoms with E-state index in [1.807, 2.05) is 6.07 Å². The topological polar surface area (TPSA) is 125 Å². The minimum atomic E-state index is -0.311. The number of amides is 1. The number of hydrogen-bond acceptors (Lipinski definition) is 8. The summed E-state index contributed by atoms with van der Waals surface area (Å²) in [5.41, 5.74) is 1.70. The third kappa shape index (κ3) is 3.10. The van der Waals surface area contributed by atoms with E-state index in [0.717, 1.165) is 5.56 Å². The number of rotatable bonds is 5. The molecule has 4 aromatic heterocycles. The van der Waals surface area contributed by atoms with Gasteiger partial charge >= 0.3 is 0 Å². The van der Waals surface area contributed by atoms with E-state index in [0.29, 0.717) is 28.8 Å². The van der Waals surface area contributed by atoms with Crippen molar-refractivity contribution in [2.24, 2.45) is 7.05 Å². The van der Waals surface area contributed by atoms with Gasteiger partial charge in [0, 0.05) is 25.0 Å². The maximum atomic E-state index is 12.4. The Morgan fingerprint density at radius 2 is 2.22 bits per heavy atom. The number of pyridine rings is 1. The van der Waals surface area contributed by atoms with Gasteiger partial charge in [0.15, 0.2) is 17.3 Å². The van der Waals surface area contributed by atoms with Gasteiger partial charge in [-0.2, -0.15) is 4.98 Å². The molecule has 4 rings (SSSR count). The van der Waals surface area contributed by atoms with Crippen molar-refractivity contribution in [1.29, 1.82) is 0 Å². The summed E-state index contributed by atoms with van der Waals surface area (Å²) in [6.07, 6.45) is 3.38. The monoisotopic (exact) mass is 368 g/mol. The van der Waals surface area contributed by atoms with Gasteiger partial charge in [-0.1, -0.05) is 5.16 Å². The molecule has 27 heavy (non-hydrogen) atoms. The average molecular weight is 368 g/mol. The number of nitrogens with one attached hydrogen (secondary N) is 1. The van der Waals surface area contributed by atoms with Crippen molar-refractivity contribution in [3.05, 3.63) is 41.7 Å². The number of methoxy groups -OCH3 is 1. The number of aromatic nitrogens is 7. The minimum Gasteiger partial charge on any atom is -0.479 e. The molecule has 0 radical (unpaired) electrons. The van der Waals surface area contributed by atoms with E-state index in [4.69, 9.17) is 9.26 Å². The lowest BCUT2D eigenvalue weighted by atomic mass is 10.2. The van der Waals surface area contributed by atoms with E-state index >= 15 is 0 Å². The van der Waals surface area contributed by atoms with Gasteiger partial charge in [-0.15, -0.1) is 15.3 Å². The summed E-state index contributed by atoms with van der Waals surface area (Å²) in [5.74, 6) is 1.50. The second kappa shape index (κ2) is 6.52. The third-order valence-corrected chi connectivity index (χ3v) is 3.90. The predicted molar refractivity (Wildman–Crippen MR) is 91.9 cm³/mol. The standard InChI is InChI=1S/C16H16N8O3/c1-9-18-15(27-22-9)10-4-5-24-12(6-10)19-20-13(24)7-17-14(25)11-8-23(2)21-16(11)26-3/h4-6,8H,7H2,1-3H3,(H,17,25). The molecule has 0 spiro atoms. The Hall–Kier alpha value is -3.76. The second-order valence-corrected chi connectivity index (χ2v) is 5.81. The van der Waals surface area contributed by atoms with Crippen LogP contribution in [0.4, 0.5) is 0 Å². The Balaban J connectivity index is 1.53. The van der Waals surface area contributed by atoms with Crippen molar-refractivity contribution in [3.8, 4) is 17.3 Å². The Morgan fingerprint density at radius 1 is 1.37 bits per heavy atom. The van der Waals surface area contributed by atoms with Gasteiger partial charge in [0.25, 0.3) is 11.8 Å². The van der Waals surface area contributed by atoms with Crippen LogP contribution in [0.2, 0.25) is 0 Å². The Labute approximate surface area is 153 Å². The van der Waals surface area contributed by atoms with Crippen molar-refractivity contribution < 1.29 is 14.1 Å². The van der Waals surface area contributed by atoms with Gasteiger partial charge in [-0.25, -0.2) is 0 Å². The largest absolute Gasteiger partial charge is 0.479 e. The zero-order valence-corrected chi connectivity index (χ0v) is 14.9. The molecule has 0 bridgehead atoms. The average Bonchev–Trinajstić information content (AvgIpc) is 3.37. The smallest absolute Gasteiger partial charge is 0.258 e. The van der Waals surface area contributed by atoms with Crippen LogP contribution < -0.4 is 10.1 Å². The van der Waals surface area contributed by atoms with E-state index in [1.165, 1.54) is 11.8 Å². The first-order chi connectivity index (χ1) is 13.0. The highest BCUT2D eigenvalue weighted by molar-refractivity contribution is 5.96. The predicted octanol–water partition coefficient (Wildman–Crippen LogP) is 0.760. The van der Waals surface area contributed by atoms with Gasteiger partial charge in [-0.3, -0.25) is 13.9 Å². The molecule has 0 aliphatic heterocycles. The van der Waals surface area contributed by atoms with Crippen LogP contribution in [-0.2, 0) is 13.6 Å². The fraction of sp³-hybridized carbons (Fsp3) is 0.250. The Morgan fingerprint density at radius 3 is 2.96 bits per heavy atom. The quantitative estimate of drug-likeness (QED) is 0.547. The number of hydrogen-bond donors (Lipinski definition) is 1. The summed E-state index contributed by atoms with van der Waals surface area (Å²) >= 11 is 0. The van der Waals surface area contributed by atoms with E-state index in [-0.39, 0.29) is 18.3 Å². The van der Waals surface area contributed by atoms with Crippen LogP contribution >= 0.6 is 0 Å². The summed E-state index contributed by atoms with van der Waals surface area (Å²) in [4.78, 5) is 16.6. The lowest BCUT2D eigenvalue weighted by Crippen LogP contribution is -2.24. The van der Waals surface area contributed by atoms with Crippen molar-refractivity contribution >= 4 is 11.6 Å². The SMILES string of the molecule is COc1nn(C)cc1C(=O)NCc1nnc2cc(-c3nc(C)no3)ccn12. The van der Waals surface area contributed by atoms with Crippen LogP contribution in [0.25, 0.3) is 17.1 Å². The highest BCUT2D eigenvalue weighted by atomic mass is 16.5. The molecule has 1 amide bonds. The zero-order valence-electron chi connectivity index (χ0n) is 14.9. The van der Waals surface area contributed by atoms with E-state index < -0.39 is 0 Å². The molecule has 1 N–H and O–H groups in total. The van der Waals surface area contributed by atoms with Crippen LogP contribution in [0.5, 0.6) is 5.88 Å². The van der Waals surface area contributed by atoms with Crippen LogP contribution in [0.1, 0.15) is 22.0 Å². The van der Waals surface area contributed by atoms with Gasteiger partial charge in [0.1, 0.15) is 5.56 Å². The first kappa shape index (κ1) is 16.7. The third-order valence-electron chi connectivity index (χ3n) is 3.90. The molecule has 138 valence electrons. The van der Waals surface area contributed by atoms with Gasteiger partial charge in [0.2, 0.25) is 5.88 Å². The van der Waals surface area contributed by atoms with E-state index in [2.05, 4.69) is 30.8 Å². The molecule has 0 aliphatic carbocycles. The Bertz CT molecular complexity index is 1130. The molecule has 0 atom stereocenters. The highest BCUT2D eigenvalue weighted by Crippen LogP contribution is 2.19. The van der Waals surface area contributed by atoms with Crippen molar-refractivity contribution in [3.63, 3.8) is 0 Å². The molecule has 4 heterocycles. The lowest BCUT2D eigenvalue weighted by molar-refractivity contribution is 0.0946. The van der Waals surface area contributed by atoms with Gasteiger partial charge in [-0.05, 0) is 19.1 Å². The number of nitrogens with zero attached hydrogens (tertiary/aromatic N) is 7. The van der Waals surface area contributed by atoms with Crippen molar-refractivity contribution in [1.82, 2.24) is 39.8 Å². The zero-order chi connectivity index (χ0) is 19.0. The number of carbonyl (C=O) groups is 1. The fourth-order valence-corrected chi connectivity index (χ4v) is 2.64. The highest BCUT2D eigenvalue weighted by Gasteiger charge is 2.17. The van der Waals surface area contributed by atoms with Gasteiger partial charge in [0.05, 0.1) is 13.7 Å². The summed E-state index contributed by atoms with van der Waals surface area (Å²) in [6.45, 7) is 1.94. The molecular weight excluding hydrogens is 352 g/mol. The second-order valence-electron chi connectivity index (χ2n) is 5.81. The number of fused-ring (bicyclic) bond motifs is 1. The first-order valence-corrected chi connectivity index (χ1v) is 8.05. The summed E-state index contributed by atoms with van der Waals surface area (Å²) in [5, 5.41) is 18.9. The van der Waals surface area contributed by atoms with E-state index in [1.54, 1.807) is 36.8 Å². The molecule has 11 heteroatoms. The summed E-state index contributed by atoms with van der Waals surface area (Å²) in [7, 11) is 3.18. The molecule has 4 aromatic rings. The maximum Gasteiger partial charge on any atom is 0.258 e. The molecular formula is C16H16N8O3. The van der Waals surface area contributed by atoms with Gasteiger partial charge < -0.3 is 14.6 Å². The number of ether oxygens (including phenoxy) is 1. The van der Waals surface area contributed by atoms with E-state index in [9.17, 15) is 4.79 Å². The first-order valence-electron chi connectivity index (χ1n) is 8.05. The Kier molecular flexibility index (Phi) is 4.03. The molecule has 0 unspecified atom stereocenters. The normalized spacial score (nSPS) is 11.1. The minimum absolute atomic E-state index is 0.192. The molecule has 11 nitrogen and oxygen atoms in total. The van der Waals surface area contributed by atoms with Crippen molar-refractivity contribution in [2.75, 3.05) is 7.11 Å².